The number of nitrogens with zero attached hydrogens (tertiary/aromatic N) is 3. The predicted molar refractivity (Wildman–Crippen MR) is 223 cm³/mol. The van der Waals surface area contributed by atoms with E-state index < -0.39 is 83.1 Å². The molecule has 63 heavy (non-hydrogen) atoms. The van der Waals surface area contributed by atoms with Gasteiger partial charge in [-0.15, -0.1) is 0 Å². The van der Waals surface area contributed by atoms with Crippen molar-refractivity contribution >= 4 is 53.0 Å². The van der Waals surface area contributed by atoms with E-state index in [1.165, 1.54) is 18.2 Å². The van der Waals surface area contributed by atoms with E-state index in [1.807, 2.05) is 6.07 Å². The highest BCUT2D eigenvalue weighted by Gasteiger charge is 2.31. The summed E-state index contributed by atoms with van der Waals surface area (Å²) in [5.41, 5.74) is 1.32. The molecular formula is C44H35ClF6N4O6S2. The summed E-state index contributed by atoms with van der Waals surface area (Å²) in [5, 5.41) is 3.17. The number of anilines is 2. The first kappa shape index (κ1) is 46.4. The SMILES string of the molecule is O=C(Cc1ccc2c(n1)N(S(=O)(=O)c1ccc(F)cc1)CCC2)c1c(F)cccc1F.O=C(Cc1ccc2c(n1)NCCC2)c1c(F)cccc1F.O=S(=O)(Cl)c1ccc(F)cc1. The third kappa shape index (κ3) is 11.5. The van der Waals surface area contributed by atoms with Crippen LogP contribution in [0, 0.1) is 34.9 Å². The van der Waals surface area contributed by atoms with Gasteiger partial charge in [0.1, 0.15) is 46.5 Å². The predicted octanol–water partition coefficient (Wildman–Crippen LogP) is 8.96. The molecule has 1 N–H and O–H groups in total. The summed E-state index contributed by atoms with van der Waals surface area (Å²) in [7, 11) is -2.76. The number of hydrogen-bond acceptors (Lipinski definition) is 9. The van der Waals surface area contributed by atoms with Gasteiger partial charge in [0, 0.05) is 23.8 Å². The second-order valence-corrected chi connectivity index (χ2v) is 18.5. The molecule has 0 spiro atoms. The van der Waals surface area contributed by atoms with Crippen LogP contribution >= 0.6 is 10.7 Å². The fourth-order valence-electron chi connectivity index (χ4n) is 6.61. The van der Waals surface area contributed by atoms with Crippen molar-refractivity contribution in [1.82, 2.24) is 9.97 Å². The molecular weight excluding hydrogens is 894 g/mol. The first-order chi connectivity index (χ1) is 29.9. The molecule has 0 bridgehead atoms. The zero-order valence-electron chi connectivity index (χ0n) is 32.8. The summed E-state index contributed by atoms with van der Waals surface area (Å²) in [6.07, 6.45) is 2.64. The standard InChI is InChI=1S/C22H17F3N2O3S.C16H14F2N2O.C6H4ClFO2S/c23-15-7-10-17(11-8-15)31(29,30)27-12-2-3-14-6-9-16(26-22(14)27)13-20(28)21-18(24)4-1-5-19(21)25;17-12-4-1-5-13(18)15(12)14(21)9-11-7-6-10-3-2-8-19-16(10)20-11;7-11(9,10)6-3-1-5(8)2-4-6/h1,4-11H,2-3,12-13H2;1,4-7H,2-3,8-9H2,(H,19,20);1-4H. The zero-order chi connectivity index (χ0) is 45.5. The van der Waals surface area contributed by atoms with Gasteiger partial charge in [-0.05, 0) is 122 Å². The van der Waals surface area contributed by atoms with Crippen LogP contribution in [0.5, 0.6) is 0 Å². The Bertz CT molecular complexity index is 2850. The minimum atomic E-state index is -4.00. The number of pyridine rings is 2. The number of hydrogen-bond donors (Lipinski definition) is 1. The summed E-state index contributed by atoms with van der Waals surface area (Å²) < 4.78 is 129. The summed E-state index contributed by atoms with van der Waals surface area (Å²) in [5.74, 6) is -5.14. The van der Waals surface area contributed by atoms with Crippen LogP contribution in [-0.4, -0.2) is 51.5 Å². The van der Waals surface area contributed by atoms with Crippen molar-refractivity contribution in [1.29, 1.82) is 0 Å². The van der Waals surface area contributed by atoms with Crippen molar-refractivity contribution in [3.8, 4) is 0 Å². The van der Waals surface area contributed by atoms with Crippen LogP contribution in [0.4, 0.5) is 38.0 Å². The van der Waals surface area contributed by atoms with Gasteiger partial charge in [-0.1, -0.05) is 24.3 Å². The number of fused-ring (bicyclic) bond motifs is 2. The van der Waals surface area contributed by atoms with E-state index in [4.69, 9.17) is 10.7 Å². The lowest BCUT2D eigenvalue weighted by Crippen LogP contribution is -2.36. The monoisotopic (exact) mass is 928 g/mol. The third-order valence-electron chi connectivity index (χ3n) is 9.67. The number of nitrogens with one attached hydrogen (secondary N) is 1. The van der Waals surface area contributed by atoms with E-state index in [1.54, 1.807) is 18.2 Å². The van der Waals surface area contributed by atoms with Gasteiger partial charge >= 0.3 is 0 Å². The maximum absolute atomic E-state index is 13.9. The molecule has 19 heteroatoms. The average molecular weight is 929 g/mol. The molecule has 10 nitrogen and oxygen atoms in total. The van der Waals surface area contributed by atoms with E-state index in [0.717, 1.165) is 102 Å². The molecule has 0 unspecified atom stereocenters. The van der Waals surface area contributed by atoms with Gasteiger partial charge in [0.15, 0.2) is 11.6 Å². The molecule has 8 rings (SSSR count). The molecule has 4 heterocycles. The molecule has 2 aliphatic heterocycles. The largest absolute Gasteiger partial charge is 0.370 e. The van der Waals surface area contributed by atoms with Crippen LogP contribution in [0.15, 0.2) is 119 Å². The minimum absolute atomic E-state index is 0.0848. The van der Waals surface area contributed by atoms with Crippen LogP contribution in [0.3, 0.4) is 0 Å². The number of halogens is 7. The molecule has 2 aromatic heterocycles. The molecule has 6 aromatic rings. The smallest absolute Gasteiger partial charge is 0.265 e. The van der Waals surface area contributed by atoms with Gasteiger partial charge in [-0.25, -0.2) is 57.5 Å². The van der Waals surface area contributed by atoms with E-state index in [2.05, 4.69) is 15.3 Å². The second kappa shape index (κ2) is 19.9. The Hall–Kier alpha value is -6.11. The van der Waals surface area contributed by atoms with Gasteiger partial charge in [-0.3, -0.25) is 9.59 Å². The highest BCUT2D eigenvalue weighted by Crippen LogP contribution is 2.31. The van der Waals surface area contributed by atoms with Crippen molar-refractivity contribution in [2.75, 3.05) is 22.7 Å². The Morgan fingerprint density at radius 1 is 0.587 bits per heavy atom. The lowest BCUT2D eigenvalue weighted by Gasteiger charge is -2.29. The first-order valence-electron chi connectivity index (χ1n) is 19.1. The number of rotatable bonds is 9. The van der Waals surface area contributed by atoms with E-state index in [0.29, 0.717) is 24.1 Å². The Balaban J connectivity index is 0.000000177. The Morgan fingerprint density at radius 2 is 1.05 bits per heavy atom. The molecule has 0 radical (unpaired) electrons. The normalized spacial score (nSPS) is 13.2. The Labute approximate surface area is 363 Å². The Morgan fingerprint density at radius 3 is 1.56 bits per heavy atom. The topological polar surface area (TPSA) is 143 Å². The second-order valence-electron chi connectivity index (χ2n) is 14.0. The van der Waals surface area contributed by atoms with Crippen molar-refractivity contribution in [3.63, 3.8) is 0 Å². The van der Waals surface area contributed by atoms with Gasteiger partial charge in [0.2, 0.25) is 0 Å². The van der Waals surface area contributed by atoms with Gasteiger partial charge < -0.3 is 5.32 Å². The molecule has 0 fully saturated rings. The number of aromatic nitrogens is 2. The maximum atomic E-state index is 13.9. The van der Waals surface area contributed by atoms with Crippen LogP contribution in [0.2, 0.25) is 0 Å². The lowest BCUT2D eigenvalue weighted by molar-refractivity contribution is 0.0975. The first-order valence-corrected chi connectivity index (χ1v) is 22.8. The van der Waals surface area contributed by atoms with E-state index in [9.17, 15) is 52.8 Å². The number of carbonyl (C=O) groups excluding carboxylic acids is 2. The maximum Gasteiger partial charge on any atom is 0.265 e. The molecule has 2 aliphatic rings. The summed E-state index contributed by atoms with van der Waals surface area (Å²) in [6.45, 7) is 1.01. The van der Waals surface area contributed by atoms with Gasteiger partial charge in [0.05, 0.1) is 45.1 Å². The fraction of sp³-hybridized carbons (Fsp3) is 0.182. The van der Waals surface area contributed by atoms with Crippen LogP contribution < -0.4 is 9.62 Å². The van der Waals surface area contributed by atoms with Crippen LogP contribution in [0.25, 0.3) is 0 Å². The molecule has 0 saturated heterocycles. The van der Waals surface area contributed by atoms with Crippen molar-refractivity contribution in [2.24, 2.45) is 0 Å². The van der Waals surface area contributed by atoms with E-state index in [-0.39, 0.29) is 34.3 Å². The molecule has 0 aliphatic carbocycles. The van der Waals surface area contributed by atoms with Crippen molar-refractivity contribution in [3.05, 3.63) is 178 Å². The molecule has 0 saturated carbocycles. The number of ketones is 2. The van der Waals surface area contributed by atoms with Crippen molar-refractivity contribution in [2.45, 2.75) is 48.3 Å². The highest BCUT2D eigenvalue weighted by atomic mass is 35.7. The highest BCUT2D eigenvalue weighted by molar-refractivity contribution is 8.13. The third-order valence-corrected chi connectivity index (χ3v) is 12.8. The number of sulfonamides is 1. The number of aryl methyl sites for hydroxylation is 2. The molecule has 4 aromatic carbocycles. The van der Waals surface area contributed by atoms with Crippen LogP contribution in [-0.2, 0) is 44.8 Å². The number of carbonyl (C=O) groups is 2. The van der Waals surface area contributed by atoms with Gasteiger partial charge in [-0.2, -0.15) is 0 Å². The molecule has 328 valence electrons. The van der Waals surface area contributed by atoms with Crippen molar-refractivity contribution < 1.29 is 52.8 Å². The van der Waals surface area contributed by atoms with Gasteiger partial charge in [0.25, 0.3) is 19.1 Å². The molecule has 0 atom stereocenters. The summed E-state index contributed by atoms with van der Waals surface area (Å²) >= 11 is 0. The number of benzene rings is 4. The summed E-state index contributed by atoms with van der Waals surface area (Å²) in [6, 6.07) is 22.2. The van der Waals surface area contributed by atoms with Crippen LogP contribution in [0.1, 0.15) is 56.1 Å². The number of Topliss-reactive ketones (excluding diaryl/α,β-unsaturated/α-hetero) is 2. The van der Waals surface area contributed by atoms with E-state index >= 15 is 0 Å². The minimum Gasteiger partial charge on any atom is -0.370 e. The average Bonchev–Trinajstić information content (AvgIpc) is 3.24. The summed E-state index contributed by atoms with van der Waals surface area (Å²) in [4.78, 5) is 33.1. The lowest BCUT2D eigenvalue weighted by atomic mass is 10.0. The fourth-order valence-corrected chi connectivity index (χ4v) is 8.87. The quantitative estimate of drug-likeness (QED) is 0.0854. The Kier molecular flexibility index (Phi) is 14.7. The molecule has 0 amide bonds. The zero-order valence-corrected chi connectivity index (χ0v) is 35.2.